The van der Waals surface area contributed by atoms with Gasteiger partial charge in [-0.15, -0.1) is 0 Å². The minimum Gasteiger partial charge on any atom is -0.361 e. The molecule has 34 heavy (non-hydrogen) atoms. The summed E-state index contributed by atoms with van der Waals surface area (Å²) in [6, 6.07) is 6.70. The number of pyridine rings is 2. The number of halogens is 2. The van der Waals surface area contributed by atoms with Crippen molar-refractivity contribution in [3.8, 4) is 0 Å². The van der Waals surface area contributed by atoms with Gasteiger partial charge in [0, 0.05) is 17.6 Å². The van der Waals surface area contributed by atoms with Crippen molar-refractivity contribution in [1.29, 1.82) is 0 Å². The minimum absolute atomic E-state index is 0.0257. The predicted octanol–water partition coefficient (Wildman–Crippen LogP) is 5.72. The summed E-state index contributed by atoms with van der Waals surface area (Å²) in [4.78, 5) is 37.5. The molecule has 0 spiro atoms. The first-order valence-electron chi connectivity index (χ1n) is 10.4. The van der Waals surface area contributed by atoms with Crippen LogP contribution in [-0.4, -0.2) is 19.5 Å². The normalized spacial score (nSPS) is 12.7. The lowest BCUT2D eigenvalue weighted by molar-refractivity contribution is 0.785. The molecule has 0 bridgehead atoms. The second-order valence-corrected chi connectivity index (χ2v) is 8.38. The molecule has 0 unspecified atom stereocenters. The zero-order valence-electron chi connectivity index (χ0n) is 18.5. The first kappa shape index (κ1) is 23.5. The summed E-state index contributed by atoms with van der Waals surface area (Å²) in [5.74, 6) is 0.293. The first-order chi connectivity index (χ1) is 16.3. The molecular weight excluding hydrogens is 473 g/mol. The van der Waals surface area contributed by atoms with Crippen molar-refractivity contribution >= 4 is 56.5 Å². The molecule has 3 aromatic heterocycles. The standard InChI is InChI=1S/C25H21Cl2N5O2/c1-4-5-6-8-14(2)32-19(11-16-9-7-10-17(26)20(16)25(32)34)15(3)31-24-21-22(33)18(27)12-28-23(21)29-13-30-24/h4-13,15H,2H2,1,3H3,(H2,28,29,30,31,33)/b5-4-,8-6-/t15-/m0/s1. The molecule has 7 nitrogen and oxygen atoms in total. The minimum atomic E-state index is -0.459. The molecule has 1 aromatic carbocycles. The summed E-state index contributed by atoms with van der Waals surface area (Å²) in [5, 5.41) is 4.94. The number of benzene rings is 1. The molecule has 0 saturated heterocycles. The molecule has 0 radical (unpaired) electrons. The largest absolute Gasteiger partial charge is 0.361 e. The number of hydrogen-bond donors (Lipinski definition) is 2. The van der Waals surface area contributed by atoms with Crippen LogP contribution in [0.15, 0.2) is 77.3 Å². The number of nitrogens with one attached hydrogen (secondary N) is 2. The van der Waals surface area contributed by atoms with Gasteiger partial charge in [-0.1, -0.05) is 60.1 Å². The maximum Gasteiger partial charge on any atom is 0.264 e. The topological polar surface area (TPSA) is 92.7 Å². The highest BCUT2D eigenvalue weighted by Crippen LogP contribution is 2.27. The van der Waals surface area contributed by atoms with Crippen LogP contribution in [0.25, 0.3) is 27.5 Å². The highest BCUT2D eigenvalue weighted by atomic mass is 35.5. The van der Waals surface area contributed by atoms with E-state index in [1.165, 1.54) is 17.1 Å². The molecule has 3 heterocycles. The SMILES string of the molecule is C=C(/C=C\C=C/C)n1c([C@H](C)Nc2ncnc3[nH]cc(Cl)c(=O)c23)cc2cccc(Cl)c2c1=O. The first-order valence-corrected chi connectivity index (χ1v) is 11.2. The summed E-state index contributed by atoms with van der Waals surface area (Å²) in [6.07, 6.45) is 9.98. The summed E-state index contributed by atoms with van der Waals surface area (Å²) >= 11 is 12.4. The van der Waals surface area contributed by atoms with Gasteiger partial charge in [0.25, 0.3) is 5.56 Å². The summed E-state index contributed by atoms with van der Waals surface area (Å²) in [5.41, 5.74) is 0.727. The van der Waals surface area contributed by atoms with Crippen molar-refractivity contribution in [2.75, 3.05) is 5.32 Å². The van der Waals surface area contributed by atoms with Crippen molar-refractivity contribution in [3.63, 3.8) is 0 Å². The van der Waals surface area contributed by atoms with Crippen molar-refractivity contribution < 1.29 is 0 Å². The molecule has 2 N–H and O–H groups in total. The number of nitrogens with zero attached hydrogens (tertiary/aromatic N) is 3. The van der Waals surface area contributed by atoms with E-state index in [1.54, 1.807) is 24.3 Å². The van der Waals surface area contributed by atoms with E-state index in [4.69, 9.17) is 23.2 Å². The molecule has 1 atom stereocenters. The molecule has 0 amide bonds. The van der Waals surface area contributed by atoms with Crippen LogP contribution in [-0.2, 0) is 0 Å². The van der Waals surface area contributed by atoms with Gasteiger partial charge >= 0.3 is 0 Å². The Morgan fingerprint density at radius 1 is 1.18 bits per heavy atom. The summed E-state index contributed by atoms with van der Waals surface area (Å²) in [7, 11) is 0. The lowest BCUT2D eigenvalue weighted by atomic mass is 10.1. The molecular formula is C25H21Cl2N5O2. The van der Waals surface area contributed by atoms with Crippen LogP contribution in [0.4, 0.5) is 5.82 Å². The second kappa shape index (κ2) is 9.67. The van der Waals surface area contributed by atoms with E-state index in [0.29, 0.717) is 38.7 Å². The Morgan fingerprint density at radius 3 is 2.74 bits per heavy atom. The number of H-pyrrole nitrogens is 1. The highest BCUT2D eigenvalue weighted by Gasteiger charge is 2.20. The molecule has 172 valence electrons. The van der Waals surface area contributed by atoms with Gasteiger partial charge in [-0.2, -0.15) is 0 Å². The molecule has 0 aliphatic carbocycles. The van der Waals surface area contributed by atoms with Crippen LogP contribution >= 0.6 is 23.2 Å². The number of allylic oxidation sites excluding steroid dienone is 5. The summed E-state index contributed by atoms with van der Waals surface area (Å²) < 4.78 is 1.51. The Balaban J connectivity index is 1.90. The third-order valence-corrected chi connectivity index (χ3v) is 5.92. The van der Waals surface area contributed by atoms with Gasteiger partial charge in [0.2, 0.25) is 5.43 Å². The lowest BCUT2D eigenvalue weighted by Crippen LogP contribution is -2.26. The van der Waals surface area contributed by atoms with Gasteiger partial charge in [0.15, 0.2) is 0 Å². The number of aromatic nitrogens is 4. The second-order valence-electron chi connectivity index (χ2n) is 7.57. The smallest absolute Gasteiger partial charge is 0.264 e. The third-order valence-electron chi connectivity index (χ3n) is 5.33. The molecule has 4 aromatic rings. The van der Waals surface area contributed by atoms with Gasteiger partial charge < -0.3 is 10.3 Å². The van der Waals surface area contributed by atoms with Gasteiger partial charge in [-0.3, -0.25) is 14.2 Å². The van der Waals surface area contributed by atoms with E-state index in [0.717, 1.165) is 0 Å². The predicted molar refractivity (Wildman–Crippen MR) is 140 cm³/mol. The highest BCUT2D eigenvalue weighted by molar-refractivity contribution is 6.35. The van der Waals surface area contributed by atoms with Crippen LogP contribution in [0.5, 0.6) is 0 Å². The number of hydrogen-bond acceptors (Lipinski definition) is 5. The van der Waals surface area contributed by atoms with Crippen LogP contribution in [0, 0.1) is 0 Å². The summed E-state index contributed by atoms with van der Waals surface area (Å²) in [6.45, 7) is 7.85. The molecule has 0 fully saturated rings. The Hall–Kier alpha value is -3.68. The zero-order chi connectivity index (χ0) is 24.4. The van der Waals surface area contributed by atoms with Crippen LogP contribution in [0.3, 0.4) is 0 Å². The molecule has 0 aliphatic heterocycles. The van der Waals surface area contributed by atoms with Crippen LogP contribution in [0.1, 0.15) is 25.6 Å². The fourth-order valence-corrected chi connectivity index (χ4v) is 4.13. The third kappa shape index (κ3) is 4.27. The maximum atomic E-state index is 13.6. The van der Waals surface area contributed by atoms with E-state index in [1.807, 2.05) is 38.1 Å². The monoisotopic (exact) mass is 493 g/mol. The van der Waals surface area contributed by atoms with Gasteiger partial charge in [0.1, 0.15) is 28.2 Å². The van der Waals surface area contributed by atoms with E-state index in [-0.39, 0.29) is 16.0 Å². The van der Waals surface area contributed by atoms with E-state index in [9.17, 15) is 9.59 Å². The van der Waals surface area contributed by atoms with Crippen molar-refractivity contribution in [3.05, 3.63) is 104 Å². The number of aromatic amines is 1. The van der Waals surface area contributed by atoms with Crippen molar-refractivity contribution in [2.45, 2.75) is 19.9 Å². The molecule has 9 heteroatoms. The average molecular weight is 494 g/mol. The Kier molecular flexibility index (Phi) is 6.68. The quantitative estimate of drug-likeness (QED) is 0.335. The zero-order valence-corrected chi connectivity index (χ0v) is 20.0. The van der Waals surface area contributed by atoms with Gasteiger partial charge in [-0.05, 0) is 37.4 Å². The molecule has 0 saturated carbocycles. The number of rotatable bonds is 6. The van der Waals surface area contributed by atoms with E-state index >= 15 is 0 Å². The number of anilines is 1. The maximum absolute atomic E-state index is 13.6. The van der Waals surface area contributed by atoms with E-state index < -0.39 is 11.5 Å². The molecule has 4 rings (SSSR count). The fraction of sp³-hybridized carbons (Fsp3) is 0.120. The Bertz CT molecular complexity index is 1600. The fourth-order valence-electron chi connectivity index (χ4n) is 3.72. The Labute approximate surface area is 205 Å². The van der Waals surface area contributed by atoms with Crippen LogP contribution < -0.4 is 16.3 Å². The average Bonchev–Trinajstić information content (AvgIpc) is 2.81. The van der Waals surface area contributed by atoms with Crippen molar-refractivity contribution in [2.24, 2.45) is 0 Å². The number of fused-ring (bicyclic) bond motifs is 2. The Morgan fingerprint density at radius 2 is 1.97 bits per heavy atom. The van der Waals surface area contributed by atoms with Crippen molar-refractivity contribution in [1.82, 2.24) is 19.5 Å². The molecule has 0 aliphatic rings. The van der Waals surface area contributed by atoms with Gasteiger partial charge in [-0.25, -0.2) is 9.97 Å². The van der Waals surface area contributed by atoms with Gasteiger partial charge in [0.05, 0.1) is 16.5 Å². The van der Waals surface area contributed by atoms with E-state index in [2.05, 4.69) is 26.8 Å². The van der Waals surface area contributed by atoms with Crippen LogP contribution in [0.2, 0.25) is 10.0 Å². The lowest BCUT2D eigenvalue weighted by Gasteiger charge is -2.22.